The maximum absolute atomic E-state index is 3.52. The molecule has 2 heterocycles. The molecule has 2 atom stereocenters. The van der Waals surface area contributed by atoms with E-state index in [0.717, 1.165) is 11.8 Å². The Bertz CT molecular complexity index is 214. The van der Waals surface area contributed by atoms with Gasteiger partial charge in [-0.3, -0.25) is 0 Å². The predicted molar refractivity (Wildman–Crippen MR) is 73.3 cm³/mol. The van der Waals surface area contributed by atoms with E-state index < -0.39 is 0 Å². The molecule has 0 spiro atoms. The van der Waals surface area contributed by atoms with E-state index in [9.17, 15) is 0 Å². The van der Waals surface area contributed by atoms with Gasteiger partial charge in [0.05, 0.1) is 0 Å². The Balaban J connectivity index is 1.66. The van der Waals surface area contributed by atoms with Crippen molar-refractivity contribution in [1.29, 1.82) is 0 Å². The molecule has 100 valence electrons. The van der Waals surface area contributed by atoms with Crippen LogP contribution in [-0.4, -0.2) is 63.2 Å². The van der Waals surface area contributed by atoms with Crippen LogP contribution in [-0.2, 0) is 0 Å². The van der Waals surface area contributed by atoms with Gasteiger partial charge < -0.3 is 15.1 Å². The molecular formula is C14H29N3. The molecule has 0 bridgehead atoms. The van der Waals surface area contributed by atoms with E-state index in [-0.39, 0.29) is 0 Å². The summed E-state index contributed by atoms with van der Waals surface area (Å²) >= 11 is 0. The lowest BCUT2D eigenvalue weighted by Gasteiger charge is -2.34. The van der Waals surface area contributed by atoms with Crippen LogP contribution in [0.4, 0.5) is 0 Å². The number of nitrogens with zero attached hydrogens (tertiary/aromatic N) is 2. The van der Waals surface area contributed by atoms with Crippen molar-refractivity contribution in [2.45, 2.75) is 25.7 Å². The van der Waals surface area contributed by atoms with Gasteiger partial charge in [-0.2, -0.15) is 0 Å². The minimum Gasteiger partial charge on any atom is -0.316 e. The number of hydrogen-bond donors (Lipinski definition) is 1. The predicted octanol–water partition coefficient (Wildman–Crippen LogP) is 1.26. The van der Waals surface area contributed by atoms with Gasteiger partial charge in [0.15, 0.2) is 0 Å². The molecule has 0 amide bonds. The van der Waals surface area contributed by atoms with Crippen LogP contribution < -0.4 is 5.32 Å². The number of rotatable bonds is 4. The van der Waals surface area contributed by atoms with Crippen molar-refractivity contribution in [2.75, 3.05) is 53.4 Å². The van der Waals surface area contributed by atoms with Crippen LogP contribution in [0.3, 0.4) is 0 Å². The molecule has 2 aliphatic heterocycles. The highest BCUT2D eigenvalue weighted by Crippen LogP contribution is 2.17. The van der Waals surface area contributed by atoms with Crippen LogP contribution in [0.2, 0.25) is 0 Å². The lowest BCUT2D eigenvalue weighted by molar-refractivity contribution is 0.151. The second kappa shape index (κ2) is 6.72. The van der Waals surface area contributed by atoms with Crippen LogP contribution in [0, 0.1) is 11.8 Å². The second-order valence-corrected chi connectivity index (χ2v) is 6.20. The third kappa shape index (κ3) is 4.57. The third-order valence-electron chi connectivity index (χ3n) is 4.26. The van der Waals surface area contributed by atoms with Gasteiger partial charge >= 0.3 is 0 Å². The van der Waals surface area contributed by atoms with Crippen molar-refractivity contribution in [2.24, 2.45) is 11.8 Å². The van der Waals surface area contributed by atoms with Gasteiger partial charge in [-0.25, -0.2) is 0 Å². The van der Waals surface area contributed by atoms with E-state index in [2.05, 4.69) is 29.2 Å². The van der Waals surface area contributed by atoms with Crippen molar-refractivity contribution in [1.82, 2.24) is 15.1 Å². The number of piperidine rings is 2. The fourth-order valence-electron chi connectivity index (χ4n) is 3.46. The SMILES string of the molecule is CN1CCCC(CN(C)CC2CCCNC2)C1. The minimum atomic E-state index is 0.884. The minimum absolute atomic E-state index is 0.884. The molecule has 3 heteroatoms. The first-order valence-electron chi connectivity index (χ1n) is 7.32. The molecule has 17 heavy (non-hydrogen) atoms. The maximum atomic E-state index is 3.52. The number of likely N-dealkylation sites (tertiary alicyclic amines) is 1. The molecule has 2 fully saturated rings. The van der Waals surface area contributed by atoms with Gasteiger partial charge in [0.25, 0.3) is 0 Å². The smallest absolute Gasteiger partial charge is 0.00190 e. The molecule has 2 saturated heterocycles. The highest BCUT2D eigenvalue weighted by molar-refractivity contribution is 4.76. The average Bonchev–Trinajstić information content (AvgIpc) is 2.30. The Kier molecular flexibility index (Phi) is 5.26. The van der Waals surface area contributed by atoms with E-state index in [1.165, 1.54) is 65.0 Å². The van der Waals surface area contributed by atoms with Gasteiger partial charge in [-0.15, -0.1) is 0 Å². The quantitative estimate of drug-likeness (QED) is 0.797. The van der Waals surface area contributed by atoms with Crippen molar-refractivity contribution >= 4 is 0 Å². The molecular weight excluding hydrogens is 210 g/mol. The molecule has 0 aliphatic carbocycles. The van der Waals surface area contributed by atoms with Gasteiger partial charge in [0.1, 0.15) is 0 Å². The summed E-state index contributed by atoms with van der Waals surface area (Å²) in [6.07, 6.45) is 5.60. The standard InChI is InChI=1S/C14H29N3/c1-16-8-4-6-14(11-16)12-17(2)10-13-5-3-7-15-9-13/h13-15H,3-12H2,1-2H3. The Morgan fingerprint density at radius 3 is 2.65 bits per heavy atom. The van der Waals surface area contributed by atoms with Gasteiger partial charge in [0.2, 0.25) is 0 Å². The summed E-state index contributed by atoms with van der Waals surface area (Å²) in [5.74, 6) is 1.78. The summed E-state index contributed by atoms with van der Waals surface area (Å²) in [5.41, 5.74) is 0. The lowest BCUT2D eigenvalue weighted by Crippen LogP contribution is -2.41. The number of nitrogens with one attached hydrogen (secondary N) is 1. The highest BCUT2D eigenvalue weighted by Gasteiger charge is 2.20. The largest absolute Gasteiger partial charge is 0.316 e. The third-order valence-corrected chi connectivity index (χ3v) is 4.26. The van der Waals surface area contributed by atoms with E-state index in [4.69, 9.17) is 0 Å². The fourth-order valence-corrected chi connectivity index (χ4v) is 3.46. The molecule has 0 aromatic rings. The van der Waals surface area contributed by atoms with Crippen LogP contribution in [0.15, 0.2) is 0 Å². The highest BCUT2D eigenvalue weighted by atomic mass is 15.1. The molecule has 0 aromatic carbocycles. The second-order valence-electron chi connectivity index (χ2n) is 6.20. The first-order chi connectivity index (χ1) is 8.24. The zero-order valence-electron chi connectivity index (χ0n) is 11.6. The van der Waals surface area contributed by atoms with Gasteiger partial charge in [0, 0.05) is 19.6 Å². The summed E-state index contributed by atoms with van der Waals surface area (Å²) in [6, 6.07) is 0. The van der Waals surface area contributed by atoms with E-state index in [1.54, 1.807) is 0 Å². The van der Waals surface area contributed by atoms with Gasteiger partial charge in [-0.05, 0) is 71.2 Å². The van der Waals surface area contributed by atoms with Crippen LogP contribution in [0.5, 0.6) is 0 Å². The molecule has 3 nitrogen and oxygen atoms in total. The molecule has 0 aromatic heterocycles. The van der Waals surface area contributed by atoms with Crippen molar-refractivity contribution in [3.05, 3.63) is 0 Å². The van der Waals surface area contributed by atoms with E-state index in [1.807, 2.05) is 0 Å². The Labute approximate surface area is 107 Å². The summed E-state index contributed by atoms with van der Waals surface area (Å²) in [5, 5.41) is 3.52. The average molecular weight is 239 g/mol. The van der Waals surface area contributed by atoms with Crippen LogP contribution >= 0.6 is 0 Å². The van der Waals surface area contributed by atoms with Gasteiger partial charge in [-0.1, -0.05) is 0 Å². The van der Waals surface area contributed by atoms with Crippen molar-refractivity contribution in [3.8, 4) is 0 Å². The van der Waals surface area contributed by atoms with Crippen LogP contribution in [0.25, 0.3) is 0 Å². The molecule has 0 saturated carbocycles. The monoisotopic (exact) mass is 239 g/mol. The van der Waals surface area contributed by atoms with Crippen molar-refractivity contribution < 1.29 is 0 Å². The summed E-state index contributed by atoms with van der Waals surface area (Å²) in [7, 11) is 4.57. The summed E-state index contributed by atoms with van der Waals surface area (Å²) in [4.78, 5) is 5.06. The maximum Gasteiger partial charge on any atom is 0.00190 e. The molecule has 2 unspecified atom stereocenters. The topological polar surface area (TPSA) is 18.5 Å². The lowest BCUT2D eigenvalue weighted by atomic mass is 9.96. The Hall–Kier alpha value is -0.120. The fraction of sp³-hybridized carbons (Fsp3) is 1.00. The summed E-state index contributed by atoms with van der Waals surface area (Å²) in [6.45, 7) is 7.64. The Morgan fingerprint density at radius 2 is 1.94 bits per heavy atom. The Morgan fingerprint density at radius 1 is 1.18 bits per heavy atom. The molecule has 2 aliphatic rings. The normalized spacial score (nSPS) is 31.9. The number of hydrogen-bond acceptors (Lipinski definition) is 3. The first kappa shape index (κ1) is 13.3. The van der Waals surface area contributed by atoms with E-state index in [0.29, 0.717) is 0 Å². The van der Waals surface area contributed by atoms with E-state index >= 15 is 0 Å². The first-order valence-corrected chi connectivity index (χ1v) is 7.32. The summed E-state index contributed by atoms with van der Waals surface area (Å²) < 4.78 is 0. The molecule has 1 N–H and O–H groups in total. The molecule has 0 radical (unpaired) electrons. The van der Waals surface area contributed by atoms with Crippen molar-refractivity contribution in [3.63, 3.8) is 0 Å². The zero-order chi connectivity index (χ0) is 12.1. The molecule has 2 rings (SSSR count). The van der Waals surface area contributed by atoms with Crippen LogP contribution in [0.1, 0.15) is 25.7 Å². The zero-order valence-corrected chi connectivity index (χ0v) is 11.6.